The second kappa shape index (κ2) is 7.87. The molecule has 0 atom stereocenters. The van der Waals surface area contributed by atoms with Crippen LogP contribution in [0, 0.1) is 0 Å². The highest BCUT2D eigenvalue weighted by molar-refractivity contribution is 5.95. The molecule has 1 rings (SSSR count). The van der Waals surface area contributed by atoms with Crippen LogP contribution in [0.1, 0.15) is 26.3 Å². The fourth-order valence-corrected chi connectivity index (χ4v) is 1.46. The first-order valence-corrected chi connectivity index (χ1v) is 6.29. The number of nitrogens with two attached hydrogens (primary N) is 1. The largest absolute Gasteiger partial charge is 0.345 e. The lowest BCUT2D eigenvalue weighted by molar-refractivity contribution is -0.127. The highest BCUT2D eigenvalue weighted by atomic mass is 35.5. The van der Waals surface area contributed by atoms with Gasteiger partial charge in [-0.2, -0.15) is 0 Å². The molecule has 1 aromatic carbocycles. The molecule has 0 saturated heterocycles. The Morgan fingerprint density at radius 3 is 2.50 bits per heavy atom. The summed E-state index contributed by atoms with van der Waals surface area (Å²) in [5.74, 6) is -0.629. The Kier molecular flexibility index (Phi) is 7.24. The molecular formula is C14H22ClN3O2. The fourth-order valence-electron chi connectivity index (χ4n) is 1.46. The van der Waals surface area contributed by atoms with Gasteiger partial charge in [-0.05, 0) is 38.0 Å². The van der Waals surface area contributed by atoms with E-state index in [1.54, 1.807) is 13.8 Å². The predicted molar refractivity (Wildman–Crippen MR) is 83.0 cm³/mol. The van der Waals surface area contributed by atoms with Crippen LogP contribution in [0.3, 0.4) is 0 Å². The summed E-state index contributed by atoms with van der Waals surface area (Å²) in [6.45, 7) is 5.14. The Labute approximate surface area is 125 Å². The number of rotatable bonds is 5. The summed E-state index contributed by atoms with van der Waals surface area (Å²) in [7, 11) is 0. The van der Waals surface area contributed by atoms with Gasteiger partial charge in [-0.15, -0.1) is 12.4 Å². The van der Waals surface area contributed by atoms with E-state index in [2.05, 4.69) is 10.6 Å². The van der Waals surface area contributed by atoms with E-state index in [9.17, 15) is 9.59 Å². The molecule has 2 amide bonds. The Morgan fingerprint density at radius 1 is 1.30 bits per heavy atom. The van der Waals surface area contributed by atoms with Crippen molar-refractivity contribution < 1.29 is 9.59 Å². The summed E-state index contributed by atoms with van der Waals surface area (Å²) >= 11 is 0. The smallest absolute Gasteiger partial charge is 0.243 e. The number of hydrogen-bond donors (Lipinski definition) is 3. The molecule has 0 bridgehead atoms. The van der Waals surface area contributed by atoms with Gasteiger partial charge < -0.3 is 16.4 Å². The summed E-state index contributed by atoms with van der Waals surface area (Å²) in [5, 5.41) is 5.22. The Morgan fingerprint density at radius 2 is 1.95 bits per heavy atom. The number of aryl methyl sites for hydroxylation is 1. The lowest BCUT2D eigenvalue weighted by atomic mass is 10.1. The van der Waals surface area contributed by atoms with E-state index in [1.807, 2.05) is 31.2 Å². The minimum Gasteiger partial charge on any atom is -0.345 e. The van der Waals surface area contributed by atoms with Crippen molar-refractivity contribution in [2.45, 2.75) is 32.7 Å². The van der Waals surface area contributed by atoms with E-state index >= 15 is 0 Å². The van der Waals surface area contributed by atoms with Crippen molar-refractivity contribution in [3.8, 4) is 0 Å². The van der Waals surface area contributed by atoms with Crippen molar-refractivity contribution in [3.05, 3.63) is 29.8 Å². The van der Waals surface area contributed by atoms with Crippen LogP contribution in [-0.2, 0) is 16.0 Å². The van der Waals surface area contributed by atoms with Crippen molar-refractivity contribution in [2.75, 3.05) is 11.9 Å². The van der Waals surface area contributed by atoms with Crippen LogP contribution < -0.4 is 16.4 Å². The normalized spacial score (nSPS) is 10.4. The average molecular weight is 300 g/mol. The minimum absolute atomic E-state index is 0. The molecule has 6 heteroatoms. The molecule has 0 aromatic heterocycles. The zero-order valence-corrected chi connectivity index (χ0v) is 12.8. The number of hydrogen-bond acceptors (Lipinski definition) is 3. The third-order valence-corrected chi connectivity index (χ3v) is 2.61. The molecule has 20 heavy (non-hydrogen) atoms. The van der Waals surface area contributed by atoms with Crippen LogP contribution in [0.2, 0.25) is 0 Å². The van der Waals surface area contributed by atoms with Gasteiger partial charge in [-0.1, -0.05) is 19.1 Å². The van der Waals surface area contributed by atoms with Crippen molar-refractivity contribution >= 4 is 29.9 Å². The number of carbonyl (C=O) groups excluding carboxylic acids is 2. The summed E-state index contributed by atoms with van der Waals surface area (Å²) in [4.78, 5) is 23.2. The summed E-state index contributed by atoms with van der Waals surface area (Å²) in [5.41, 5.74) is 6.50. The molecule has 0 fully saturated rings. The van der Waals surface area contributed by atoms with Gasteiger partial charge in [-0.3, -0.25) is 9.59 Å². The van der Waals surface area contributed by atoms with E-state index in [-0.39, 0.29) is 30.8 Å². The summed E-state index contributed by atoms with van der Waals surface area (Å²) < 4.78 is 0. The number of nitrogens with one attached hydrogen (secondary N) is 2. The van der Waals surface area contributed by atoms with E-state index < -0.39 is 5.54 Å². The average Bonchev–Trinajstić information content (AvgIpc) is 2.35. The number of halogens is 1. The Hall–Kier alpha value is -1.59. The highest BCUT2D eigenvalue weighted by Gasteiger charge is 2.21. The van der Waals surface area contributed by atoms with Crippen LogP contribution in [-0.4, -0.2) is 23.9 Å². The monoisotopic (exact) mass is 299 g/mol. The van der Waals surface area contributed by atoms with E-state index in [0.717, 1.165) is 17.7 Å². The van der Waals surface area contributed by atoms with Gasteiger partial charge in [0.15, 0.2) is 0 Å². The molecule has 0 aliphatic carbocycles. The van der Waals surface area contributed by atoms with Gasteiger partial charge in [0.2, 0.25) is 11.8 Å². The van der Waals surface area contributed by atoms with E-state index in [0.29, 0.717) is 0 Å². The van der Waals surface area contributed by atoms with Gasteiger partial charge in [0.25, 0.3) is 0 Å². The number of benzene rings is 1. The molecule has 1 aromatic rings. The maximum absolute atomic E-state index is 11.7. The van der Waals surface area contributed by atoms with Crippen molar-refractivity contribution in [3.63, 3.8) is 0 Å². The van der Waals surface area contributed by atoms with Crippen LogP contribution in [0.25, 0.3) is 0 Å². The van der Waals surface area contributed by atoms with Gasteiger partial charge in [0.05, 0.1) is 12.1 Å². The van der Waals surface area contributed by atoms with Gasteiger partial charge in [-0.25, -0.2) is 0 Å². The SMILES string of the molecule is CCc1cccc(NC(=O)CNC(=O)C(C)(C)N)c1.Cl. The van der Waals surface area contributed by atoms with Crippen molar-refractivity contribution in [1.82, 2.24) is 5.32 Å². The van der Waals surface area contributed by atoms with Crippen LogP contribution >= 0.6 is 12.4 Å². The van der Waals surface area contributed by atoms with Gasteiger partial charge in [0.1, 0.15) is 0 Å². The number of carbonyl (C=O) groups is 2. The van der Waals surface area contributed by atoms with Crippen LogP contribution in [0.5, 0.6) is 0 Å². The number of anilines is 1. The molecule has 0 heterocycles. The number of amides is 2. The molecule has 0 radical (unpaired) electrons. The topological polar surface area (TPSA) is 84.2 Å². The Bertz CT molecular complexity index is 470. The minimum atomic E-state index is -0.984. The molecule has 0 spiro atoms. The molecule has 4 N–H and O–H groups in total. The zero-order valence-electron chi connectivity index (χ0n) is 12.0. The van der Waals surface area contributed by atoms with Crippen molar-refractivity contribution in [1.29, 1.82) is 0 Å². The Balaban J connectivity index is 0.00000361. The molecule has 0 aliphatic heterocycles. The summed E-state index contributed by atoms with van der Waals surface area (Å²) in [6.07, 6.45) is 0.905. The molecule has 112 valence electrons. The molecule has 0 unspecified atom stereocenters. The third-order valence-electron chi connectivity index (χ3n) is 2.61. The second-order valence-corrected chi connectivity index (χ2v) is 5.01. The van der Waals surface area contributed by atoms with E-state index in [1.165, 1.54) is 0 Å². The summed E-state index contributed by atoms with van der Waals surface area (Å²) in [6, 6.07) is 7.60. The lowest BCUT2D eigenvalue weighted by Crippen LogP contribution is -2.50. The molecule has 0 aliphatic rings. The molecular weight excluding hydrogens is 278 g/mol. The van der Waals surface area contributed by atoms with Crippen LogP contribution in [0.4, 0.5) is 5.69 Å². The standard InChI is InChI=1S/C14H21N3O2.ClH/c1-4-10-6-5-7-11(8-10)17-12(18)9-16-13(19)14(2,3)15;/h5-8H,4,9,15H2,1-3H3,(H,16,19)(H,17,18);1H. The zero-order chi connectivity index (χ0) is 14.5. The van der Waals surface area contributed by atoms with Crippen molar-refractivity contribution in [2.24, 2.45) is 5.73 Å². The van der Waals surface area contributed by atoms with Gasteiger partial charge >= 0.3 is 0 Å². The highest BCUT2D eigenvalue weighted by Crippen LogP contribution is 2.10. The second-order valence-electron chi connectivity index (χ2n) is 5.01. The first kappa shape index (κ1) is 18.4. The molecule has 5 nitrogen and oxygen atoms in total. The van der Waals surface area contributed by atoms with Crippen LogP contribution in [0.15, 0.2) is 24.3 Å². The lowest BCUT2D eigenvalue weighted by Gasteiger charge is -2.17. The maximum atomic E-state index is 11.7. The predicted octanol–water partition coefficient (Wildman–Crippen LogP) is 1.46. The van der Waals surface area contributed by atoms with Gasteiger partial charge in [0, 0.05) is 5.69 Å². The fraction of sp³-hybridized carbons (Fsp3) is 0.429. The maximum Gasteiger partial charge on any atom is 0.243 e. The quantitative estimate of drug-likeness (QED) is 0.769. The first-order valence-electron chi connectivity index (χ1n) is 6.29. The molecule has 0 saturated carbocycles. The third kappa shape index (κ3) is 6.04. The first-order chi connectivity index (χ1) is 8.82. The van der Waals surface area contributed by atoms with E-state index in [4.69, 9.17) is 5.73 Å².